The summed E-state index contributed by atoms with van der Waals surface area (Å²) in [4.78, 5) is 18.1. The van der Waals surface area contributed by atoms with Gasteiger partial charge in [-0.1, -0.05) is 19.3 Å². The minimum absolute atomic E-state index is 0.683. The maximum atomic E-state index is 5.76. The maximum absolute atomic E-state index is 5.76. The van der Waals surface area contributed by atoms with Crippen molar-refractivity contribution in [1.29, 1.82) is 0 Å². The molecule has 5 heteroatoms. The molecule has 0 spiro atoms. The first-order valence-electron chi connectivity index (χ1n) is 6.20. The van der Waals surface area contributed by atoms with Crippen molar-refractivity contribution in [2.24, 2.45) is 5.92 Å². The second-order valence-corrected chi connectivity index (χ2v) is 4.60. The molecule has 3 rings (SSSR count). The first kappa shape index (κ1) is 10.5. The minimum Gasteiger partial charge on any atom is -0.411 e. The lowest BCUT2D eigenvalue weighted by atomic mass is 9.90. The van der Waals surface area contributed by atoms with E-state index in [-0.39, 0.29) is 0 Å². The molecule has 0 aliphatic heterocycles. The molecular formula is C12H16N4O. The van der Waals surface area contributed by atoms with E-state index in [9.17, 15) is 0 Å². The van der Waals surface area contributed by atoms with Crippen LogP contribution in [0, 0.1) is 5.92 Å². The van der Waals surface area contributed by atoms with Crippen LogP contribution < -0.4 is 4.84 Å². The van der Waals surface area contributed by atoms with Crippen LogP contribution in [0.4, 0.5) is 0 Å². The summed E-state index contributed by atoms with van der Waals surface area (Å²) >= 11 is 0. The van der Waals surface area contributed by atoms with Crippen LogP contribution in [0.2, 0.25) is 0 Å². The zero-order valence-corrected chi connectivity index (χ0v) is 9.75. The van der Waals surface area contributed by atoms with Crippen LogP contribution in [0.15, 0.2) is 18.9 Å². The molecule has 5 nitrogen and oxygen atoms in total. The Kier molecular flexibility index (Phi) is 2.90. The number of nitrogens with zero attached hydrogens (tertiary/aromatic N) is 4. The third-order valence-electron chi connectivity index (χ3n) is 3.36. The second kappa shape index (κ2) is 4.69. The van der Waals surface area contributed by atoms with E-state index in [4.69, 9.17) is 4.84 Å². The van der Waals surface area contributed by atoms with E-state index in [1.165, 1.54) is 38.4 Å². The fraction of sp³-hybridized carbons (Fsp3) is 0.583. The van der Waals surface area contributed by atoms with Gasteiger partial charge in [0.15, 0.2) is 5.65 Å². The van der Waals surface area contributed by atoms with Crippen molar-refractivity contribution in [3.05, 3.63) is 18.9 Å². The Morgan fingerprint density at radius 1 is 1.24 bits per heavy atom. The van der Waals surface area contributed by atoms with Crippen LogP contribution in [-0.4, -0.2) is 26.3 Å². The molecule has 0 aromatic carbocycles. The number of aromatic nitrogens is 4. The van der Waals surface area contributed by atoms with Crippen molar-refractivity contribution in [2.45, 2.75) is 32.1 Å². The van der Waals surface area contributed by atoms with Gasteiger partial charge in [0.05, 0.1) is 6.20 Å². The summed E-state index contributed by atoms with van der Waals surface area (Å²) in [7, 11) is 0. The van der Waals surface area contributed by atoms with Crippen LogP contribution in [0.3, 0.4) is 0 Å². The standard InChI is InChI=1S/C12H16N4O/c1-2-4-10(5-3-1)7-17-16-9-15-11-6-13-8-14-12(11)16/h6,8-10H,1-5,7H2. The van der Waals surface area contributed by atoms with E-state index < -0.39 is 0 Å². The Balaban J connectivity index is 1.68. The average molecular weight is 232 g/mol. The first-order valence-corrected chi connectivity index (χ1v) is 6.20. The van der Waals surface area contributed by atoms with Crippen LogP contribution in [-0.2, 0) is 0 Å². The third-order valence-corrected chi connectivity index (χ3v) is 3.36. The van der Waals surface area contributed by atoms with Gasteiger partial charge in [0.1, 0.15) is 24.8 Å². The molecule has 90 valence electrons. The zero-order chi connectivity index (χ0) is 11.5. The average Bonchev–Trinajstić information content (AvgIpc) is 2.81. The molecule has 0 N–H and O–H groups in total. The number of imidazole rings is 1. The van der Waals surface area contributed by atoms with Crippen molar-refractivity contribution in [2.75, 3.05) is 6.61 Å². The fourth-order valence-electron chi connectivity index (χ4n) is 2.38. The quantitative estimate of drug-likeness (QED) is 0.810. The lowest BCUT2D eigenvalue weighted by molar-refractivity contribution is 0.0740. The van der Waals surface area contributed by atoms with Gasteiger partial charge in [-0.15, -0.1) is 0 Å². The van der Waals surface area contributed by atoms with E-state index in [0.29, 0.717) is 5.92 Å². The van der Waals surface area contributed by atoms with Crippen molar-refractivity contribution in [3.63, 3.8) is 0 Å². The number of hydrogen-bond acceptors (Lipinski definition) is 4. The molecule has 0 amide bonds. The lowest BCUT2D eigenvalue weighted by Crippen LogP contribution is -2.21. The van der Waals surface area contributed by atoms with Gasteiger partial charge in [-0.25, -0.2) is 15.0 Å². The molecule has 0 unspecified atom stereocenters. The second-order valence-electron chi connectivity index (χ2n) is 4.60. The van der Waals surface area contributed by atoms with Crippen molar-refractivity contribution >= 4 is 11.2 Å². The zero-order valence-electron chi connectivity index (χ0n) is 9.75. The highest BCUT2D eigenvalue weighted by molar-refractivity contribution is 5.68. The van der Waals surface area contributed by atoms with Gasteiger partial charge in [-0.3, -0.25) is 0 Å². The summed E-state index contributed by atoms with van der Waals surface area (Å²) in [5, 5.41) is 0. The topological polar surface area (TPSA) is 52.8 Å². The number of hydrogen-bond donors (Lipinski definition) is 0. The molecule has 0 radical (unpaired) electrons. The van der Waals surface area contributed by atoms with Crippen molar-refractivity contribution < 1.29 is 4.84 Å². The van der Waals surface area contributed by atoms with E-state index in [1.807, 2.05) is 0 Å². The SMILES string of the molecule is c1ncc2ncn(OCC3CCCCC3)c2n1. The Morgan fingerprint density at radius 3 is 3.00 bits per heavy atom. The molecule has 2 heterocycles. The highest BCUT2D eigenvalue weighted by Crippen LogP contribution is 2.23. The summed E-state index contributed by atoms with van der Waals surface area (Å²) < 4.78 is 1.66. The van der Waals surface area contributed by atoms with Gasteiger partial charge in [0.2, 0.25) is 0 Å². The predicted molar refractivity (Wildman–Crippen MR) is 63.3 cm³/mol. The maximum Gasteiger partial charge on any atom is 0.198 e. The molecule has 0 bridgehead atoms. The molecule has 2 aromatic heterocycles. The normalized spacial score (nSPS) is 17.4. The number of rotatable bonds is 3. The molecule has 0 saturated heterocycles. The number of fused-ring (bicyclic) bond motifs is 1. The van der Waals surface area contributed by atoms with E-state index in [2.05, 4.69) is 15.0 Å². The Labute approximate surface area is 99.8 Å². The monoisotopic (exact) mass is 232 g/mol. The Morgan fingerprint density at radius 2 is 2.12 bits per heavy atom. The Hall–Kier alpha value is -1.65. The highest BCUT2D eigenvalue weighted by atomic mass is 16.7. The van der Waals surface area contributed by atoms with Gasteiger partial charge in [0, 0.05) is 0 Å². The van der Waals surface area contributed by atoms with Gasteiger partial charge < -0.3 is 4.84 Å². The molecule has 17 heavy (non-hydrogen) atoms. The van der Waals surface area contributed by atoms with Crippen LogP contribution in [0.5, 0.6) is 0 Å². The van der Waals surface area contributed by atoms with Gasteiger partial charge >= 0.3 is 0 Å². The van der Waals surface area contributed by atoms with Crippen LogP contribution in [0.25, 0.3) is 11.2 Å². The molecule has 1 aliphatic carbocycles. The van der Waals surface area contributed by atoms with Gasteiger partial charge in [-0.2, -0.15) is 4.73 Å². The molecule has 1 aliphatic rings. The first-order chi connectivity index (χ1) is 8.43. The molecule has 1 saturated carbocycles. The van der Waals surface area contributed by atoms with E-state index >= 15 is 0 Å². The lowest BCUT2D eigenvalue weighted by Gasteiger charge is -2.21. The van der Waals surface area contributed by atoms with Crippen LogP contribution in [0.1, 0.15) is 32.1 Å². The van der Waals surface area contributed by atoms with Gasteiger partial charge in [0.25, 0.3) is 0 Å². The van der Waals surface area contributed by atoms with E-state index in [1.54, 1.807) is 17.3 Å². The van der Waals surface area contributed by atoms with Crippen molar-refractivity contribution in [1.82, 2.24) is 19.7 Å². The largest absolute Gasteiger partial charge is 0.411 e. The smallest absolute Gasteiger partial charge is 0.198 e. The molecule has 2 aromatic rings. The highest BCUT2D eigenvalue weighted by Gasteiger charge is 2.14. The summed E-state index contributed by atoms with van der Waals surface area (Å²) in [5.74, 6) is 0.683. The Bertz CT molecular complexity index is 490. The molecular weight excluding hydrogens is 216 g/mol. The van der Waals surface area contributed by atoms with Gasteiger partial charge in [-0.05, 0) is 18.8 Å². The summed E-state index contributed by atoms with van der Waals surface area (Å²) in [6.45, 7) is 0.759. The third kappa shape index (κ3) is 2.23. The summed E-state index contributed by atoms with van der Waals surface area (Å²) in [6.07, 6.45) is 11.5. The molecule has 1 fully saturated rings. The van der Waals surface area contributed by atoms with Crippen molar-refractivity contribution in [3.8, 4) is 0 Å². The summed E-state index contributed by atoms with van der Waals surface area (Å²) in [6, 6.07) is 0. The fourth-order valence-corrected chi connectivity index (χ4v) is 2.38. The van der Waals surface area contributed by atoms with Crippen LogP contribution >= 0.6 is 0 Å². The van der Waals surface area contributed by atoms with E-state index in [0.717, 1.165) is 17.8 Å². The predicted octanol–water partition coefficient (Wildman–Crippen LogP) is 1.84. The molecule has 0 atom stereocenters. The summed E-state index contributed by atoms with van der Waals surface area (Å²) in [5.41, 5.74) is 1.52. The minimum atomic E-state index is 0.683.